The Bertz CT molecular complexity index is 849. The fourth-order valence-corrected chi connectivity index (χ4v) is 3.26. The molecule has 128 valence electrons. The first kappa shape index (κ1) is 17.7. The van der Waals surface area contributed by atoms with Crippen LogP contribution in [-0.4, -0.2) is 33.3 Å². The molecular formula is C16H18N2O5S. The van der Waals surface area contributed by atoms with Crippen LogP contribution in [0.25, 0.3) is 0 Å². The summed E-state index contributed by atoms with van der Waals surface area (Å²) in [4.78, 5) is 10.3. The third-order valence-electron chi connectivity index (χ3n) is 3.48. The molecule has 2 aromatic carbocycles. The van der Waals surface area contributed by atoms with E-state index in [1.165, 1.54) is 18.2 Å². The topological polar surface area (TPSA) is 98.5 Å². The van der Waals surface area contributed by atoms with Crippen molar-refractivity contribution in [3.63, 3.8) is 0 Å². The Labute approximate surface area is 140 Å². The lowest BCUT2D eigenvalue weighted by atomic mass is 10.1. The van der Waals surface area contributed by atoms with E-state index in [1.807, 2.05) is 24.3 Å². The van der Waals surface area contributed by atoms with Gasteiger partial charge in [0.05, 0.1) is 12.0 Å². The maximum Gasteiger partial charge on any atom is 0.310 e. The van der Waals surface area contributed by atoms with Crippen molar-refractivity contribution in [2.24, 2.45) is 0 Å². The molecule has 0 atom stereocenters. The zero-order valence-corrected chi connectivity index (χ0v) is 14.2. The van der Waals surface area contributed by atoms with Crippen LogP contribution in [0, 0.1) is 10.1 Å². The summed E-state index contributed by atoms with van der Waals surface area (Å²) in [7, 11) is -2.11. The molecule has 0 radical (unpaired) electrons. The summed E-state index contributed by atoms with van der Waals surface area (Å²) in [5.74, 6) is 0.735. The molecule has 0 aromatic heterocycles. The number of sulfone groups is 1. The van der Waals surface area contributed by atoms with Gasteiger partial charge < -0.3 is 10.1 Å². The molecule has 1 N–H and O–H groups in total. The summed E-state index contributed by atoms with van der Waals surface area (Å²) in [6.07, 6.45) is 1.53. The summed E-state index contributed by atoms with van der Waals surface area (Å²) >= 11 is 0. The van der Waals surface area contributed by atoms with Crippen LogP contribution in [0.15, 0.2) is 47.4 Å². The molecule has 2 rings (SSSR count). The van der Waals surface area contributed by atoms with Gasteiger partial charge in [-0.15, -0.1) is 0 Å². The normalized spacial score (nSPS) is 11.1. The highest BCUT2D eigenvalue weighted by atomic mass is 32.2. The van der Waals surface area contributed by atoms with Crippen molar-refractivity contribution in [1.82, 2.24) is 0 Å². The lowest BCUT2D eigenvalue weighted by molar-refractivity contribution is -0.386. The fourth-order valence-electron chi connectivity index (χ4n) is 2.39. The zero-order chi connectivity index (χ0) is 17.7. The summed E-state index contributed by atoms with van der Waals surface area (Å²) in [6.45, 7) is 0.397. The van der Waals surface area contributed by atoms with Crippen molar-refractivity contribution in [3.05, 3.63) is 58.1 Å². The lowest BCUT2D eigenvalue weighted by Gasteiger charge is -2.11. The number of para-hydroxylation sites is 2. The Kier molecular flexibility index (Phi) is 5.40. The average molecular weight is 350 g/mol. The van der Waals surface area contributed by atoms with Gasteiger partial charge in [-0.3, -0.25) is 10.1 Å². The molecule has 0 aliphatic heterocycles. The van der Waals surface area contributed by atoms with Crippen LogP contribution in [0.3, 0.4) is 0 Å². The van der Waals surface area contributed by atoms with E-state index in [0.29, 0.717) is 13.0 Å². The van der Waals surface area contributed by atoms with Crippen molar-refractivity contribution in [1.29, 1.82) is 0 Å². The highest BCUT2D eigenvalue weighted by molar-refractivity contribution is 7.90. The first-order chi connectivity index (χ1) is 11.3. The second kappa shape index (κ2) is 7.31. The number of nitro benzene ring substituents is 1. The van der Waals surface area contributed by atoms with E-state index in [-0.39, 0.29) is 10.6 Å². The summed E-state index contributed by atoms with van der Waals surface area (Å²) in [6, 6.07) is 11.7. The Morgan fingerprint density at radius 3 is 2.50 bits per heavy atom. The van der Waals surface area contributed by atoms with Gasteiger partial charge in [-0.2, -0.15) is 0 Å². The molecule has 24 heavy (non-hydrogen) atoms. The van der Waals surface area contributed by atoms with Crippen molar-refractivity contribution in [2.45, 2.75) is 11.3 Å². The number of hydrogen-bond acceptors (Lipinski definition) is 6. The highest BCUT2D eigenvalue weighted by Gasteiger charge is 2.25. The minimum Gasteiger partial charge on any atom is -0.496 e. The highest BCUT2D eigenvalue weighted by Crippen LogP contribution is 2.32. The average Bonchev–Trinajstić information content (AvgIpc) is 2.54. The summed E-state index contributed by atoms with van der Waals surface area (Å²) < 4.78 is 28.7. The van der Waals surface area contributed by atoms with E-state index in [4.69, 9.17) is 4.74 Å². The molecule has 7 nitrogen and oxygen atoms in total. The predicted molar refractivity (Wildman–Crippen MR) is 91.4 cm³/mol. The Hall–Kier alpha value is -2.61. The molecule has 2 aromatic rings. The van der Waals surface area contributed by atoms with Crippen molar-refractivity contribution in [2.75, 3.05) is 25.2 Å². The van der Waals surface area contributed by atoms with Gasteiger partial charge >= 0.3 is 5.69 Å². The van der Waals surface area contributed by atoms with E-state index in [0.717, 1.165) is 17.6 Å². The third kappa shape index (κ3) is 4.02. The van der Waals surface area contributed by atoms with Gasteiger partial charge in [-0.1, -0.05) is 24.3 Å². The number of rotatable bonds is 7. The van der Waals surface area contributed by atoms with Crippen LogP contribution in [0.2, 0.25) is 0 Å². The van der Waals surface area contributed by atoms with E-state index in [9.17, 15) is 18.5 Å². The number of anilines is 1. The van der Waals surface area contributed by atoms with Gasteiger partial charge in [0.15, 0.2) is 9.84 Å². The Balaban J connectivity index is 2.23. The molecule has 0 saturated heterocycles. The number of methoxy groups -OCH3 is 1. The SMILES string of the molecule is COc1ccccc1CCNc1cccc(S(C)(=O)=O)c1[N+](=O)[O-]. The lowest BCUT2D eigenvalue weighted by Crippen LogP contribution is -2.10. The van der Waals surface area contributed by atoms with Crippen LogP contribution in [0.1, 0.15) is 5.56 Å². The van der Waals surface area contributed by atoms with Crippen LogP contribution >= 0.6 is 0 Å². The minimum atomic E-state index is -3.69. The molecule has 0 spiro atoms. The van der Waals surface area contributed by atoms with Crippen LogP contribution in [0.4, 0.5) is 11.4 Å². The quantitative estimate of drug-likeness (QED) is 0.609. The summed E-state index contributed by atoms with van der Waals surface area (Å²) in [5, 5.41) is 14.2. The van der Waals surface area contributed by atoms with Gasteiger partial charge in [0.2, 0.25) is 0 Å². The number of benzene rings is 2. The first-order valence-corrected chi connectivity index (χ1v) is 9.07. The molecule has 0 unspecified atom stereocenters. The molecule has 0 heterocycles. The zero-order valence-electron chi connectivity index (χ0n) is 13.4. The Morgan fingerprint density at radius 1 is 1.17 bits per heavy atom. The monoisotopic (exact) mass is 350 g/mol. The van der Waals surface area contributed by atoms with Gasteiger partial charge in [-0.05, 0) is 30.2 Å². The molecule has 0 aliphatic rings. The van der Waals surface area contributed by atoms with E-state index >= 15 is 0 Å². The number of hydrogen-bond donors (Lipinski definition) is 1. The molecule has 0 bridgehead atoms. The van der Waals surface area contributed by atoms with Crippen LogP contribution in [-0.2, 0) is 16.3 Å². The fraction of sp³-hybridized carbons (Fsp3) is 0.250. The van der Waals surface area contributed by atoms with Crippen LogP contribution in [0.5, 0.6) is 5.75 Å². The molecule has 0 saturated carbocycles. The van der Waals surface area contributed by atoms with E-state index in [2.05, 4.69) is 5.32 Å². The van der Waals surface area contributed by atoms with Gasteiger partial charge in [0.1, 0.15) is 16.3 Å². The summed E-state index contributed by atoms with van der Waals surface area (Å²) in [5.41, 5.74) is 0.701. The van der Waals surface area contributed by atoms with E-state index in [1.54, 1.807) is 7.11 Å². The van der Waals surface area contributed by atoms with Crippen molar-refractivity contribution in [3.8, 4) is 5.75 Å². The maximum atomic E-state index is 11.7. The Morgan fingerprint density at radius 2 is 1.88 bits per heavy atom. The number of nitrogens with one attached hydrogen (secondary N) is 1. The van der Waals surface area contributed by atoms with Gasteiger partial charge in [0, 0.05) is 12.8 Å². The maximum absolute atomic E-state index is 11.7. The molecule has 0 amide bonds. The molecular weight excluding hydrogens is 332 g/mol. The standard InChI is InChI=1S/C16H18N2O5S/c1-23-14-8-4-3-6-12(14)10-11-17-13-7-5-9-15(24(2,21)22)16(13)18(19)20/h3-9,17H,10-11H2,1-2H3. The number of nitro groups is 1. The van der Waals surface area contributed by atoms with Gasteiger partial charge in [0.25, 0.3) is 0 Å². The number of ether oxygens (including phenoxy) is 1. The van der Waals surface area contributed by atoms with E-state index < -0.39 is 20.4 Å². The van der Waals surface area contributed by atoms with Gasteiger partial charge in [-0.25, -0.2) is 8.42 Å². The predicted octanol–water partition coefficient (Wildman–Crippen LogP) is 2.66. The minimum absolute atomic E-state index is 0.179. The van der Waals surface area contributed by atoms with Crippen molar-refractivity contribution >= 4 is 21.2 Å². The largest absolute Gasteiger partial charge is 0.496 e. The first-order valence-electron chi connectivity index (χ1n) is 7.18. The van der Waals surface area contributed by atoms with Crippen molar-refractivity contribution < 1.29 is 18.1 Å². The molecule has 0 aliphatic carbocycles. The number of nitrogens with zero attached hydrogens (tertiary/aromatic N) is 1. The second-order valence-electron chi connectivity index (χ2n) is 5.17. The molecule has 0 fully saturated rings. The third-order valence-corrected chi connectivity index (χ3v) is 4.61. The smallest absolute Gasteiger partial charge is 0.310 e. The molecule has 8 heteroatoms. The van der Waals surface area contributed by atoms with Crippen LogP contribution < -0.4 is 10.1 Å². The second-order valence-corrected chi connectivity index (χ2v) is 7.15.